The molecule has 0 aliphatic carbocycles. The molecule has 0 bridgehead atoms. The number of halogens is 1. The minimum absolute atomic E-state index is 0.0370. The van der Waals surface area contributed by atoms with Crippen molar-refractivity contribution in [2.24, 2.45) is 5.73 Å². The van der Waals surface area contributed by atoms with E-state index in [1.54, 1.807) is 36.4 Å². The Balaban J connectivity index is 2.11. The summed E-state index contributed by atoms with van der Waals surface area (Å²) in [5.41, 5.74) is 8.03. The lowest BCUT2D eigenvalue weighted by Gasteiger charge is -2.08. The van der Waals surface area contributed by atoms with E-state index in [9.17, 15) is 4.79 Å². The third-order valence-electron chi connectivity index (χ3n) is 2.78. The Morgan fingerprint density at radius 1 is 1.21 bits per heavy atom. The van der Waals surface area contributed by atoms with Crippen LogP contribution >= 0.6 is 11.6 Å². The van der Waals surface area contributed by atoms with Crippen LogP contribution in [0.25, 0.3) is 0 Å². The number of nitrogens with one attached hydrogen (secondary N) is 1. The standard InChI is InChI=1S/C15H15ClN2O/c1-10(17)11-5-7-12(8-6-11)15(19)18-14-4-2-3-13(16)9-14/h2-10H,17H2,1H3,(H,18,19). The van der Waals surface area contributed by atoms with Crippen molar-refractivity contribution in [2.45, 2.75) is 13.0 Å². The fourth-order valence-electron chi connectivity index (χ4n) is 1.71. The average Bonchev–Trinajstić information content (AvgIpc) is 2.39. The molecule has 19 heavy (non-hydrogen) atoms. The highest BCUT2D eigenvalue weighted by Gasteiger charge is 2.07. The Hall–Kier alpha value is -1.84. The van der Waals surface area contributed by atoms with Crippen LogP contribution in [0.4, 0.5) is 5.69 Å². The highest BCUT2D eigenvalue weighted by atomic mass is 35.5. The lowest BCUT2D eigenvalue weighted by Crippen LogP contribution is -2.12. The van der Waals surface area contributed by atoms with Crippen molar-refractivity contribution in [1.29, 1.82) is 0 Å². The summed E-state index contributed by atoms with van der Waals surface area (Å²) in [6.45, 7) is 1.90. The van der Waals surface area contributed by atoms with Crippen LogP contribution in [0.2, 0.25) is 5.02 Å². The van der Waals surface area contributed by atoms with Gasteiger partial charge in [-0.3, -0.25) is 4.79 Å². The van der Waals surface area contributed by atoms with E-state index < -0.39 is 0 Å². The highest BCUT2D eigenvalue weighted by molar-refractivity contribution is 6.30. The van der Waals surface area contributed by atoms with Gasteiger partial charge in [-0.05, 0) is 42.8 Å². The molecule has 2 aromatic rings. The predicted octanol–water partition coefficient (Wildman–Crippen LogP) is 3.61. The second-order valence-electron chi connectivity index (χ2n) is 4.38. The van der Waals surface area contributed by atoms with Gasteiger partial charge in [0.2, 0.25) is 0 Å². The number of carbonyl (C=O) groups is 1. The summed E-state index contributed by atoms with van der Waals surface area (Å²) in [6.07, 6.45) is 0. The van der Waals surface area contributed by atoms with Crippen LogP contribution in [0, 0.1) is 0 Å². The molecule has 0 saturated carbocycles. The molecule has 1 amide bonds. The van der Waals surface area contributed by atoms with Gasteiger partial charge < -0.3 is 11.1 Å². The van der Waals surface area contributed by atoms with E-state index in [1.165, 1.54) is 0 Å². The molecule has 0 aliphatic heterocycles. The van der Waals surface area contributed by atoms with Crippen molar-refractivity contribution in [3.05, 3.63) is 64.7 Å². The maximum absolute atomic E-state index is 12.0. The number of hydrogen-bond donors (Lipinski definition) is 2. The molecule has 0 spiro atoms. The molecule has 0 heterocycles. The van der Waals surface area contributed by atoms with E-state index in [0.29, 0.717) is 16.3 Å². The van der Waals surface area contributed by atoms with E-state index in [0.717, 1.165) is 5.56 Å². The highest BCUT2D eigenvalue weighted by Crippen LogP contribution is 2.16. The molecule has 0 aliphatic rings. The molecule has 3 N–H and O–H groups in total. The van der Waals surface area contributed by atoms with Crippen LogP contribution in [-0.4, -0.2) is 5.91 Å². The molecule has 0 aromatic heterocycles. The SMILES string of the molecule is CC(N)c1ccc(C(=O)Nc2cccc(Cl)c2)cc1. The van der Waals surface area contributed by atoms with Crippen LogP contribution in [0.5, 0.6) is 0 Å². The van der Waals surface area contributed by atoms with Crippen LogP contribution in [0.3, 0.4) is 0 Å². The Bertz CT molecular complexity index is 579. The summed E-state index contributed by atoms with van der Waals surface area (Å²) < 4.78 is 0. The normalized spacial score (nSPS) is 11.9. The van der Waals surface area contributed by atoms with Crippen molar-refractivity contribution in [3.8, 4) is 0 Å². The summed E-state index contributed by atoms with van der Waals surface area (Å²) in [5.74, 6) is -0.168. The number of hydrogen-bond acceptors (Lipinski definition) is 2. The van der Waals surface area contributed by atoms with E-state index in [-0.39, 0.29) is 11.9 Å². The topological polar surface area (TPSA) is 55.1 Å². The zero-order valence-electron chi connectivity index (χ0n) is 10.6. The van der Waals surface area contributed by atoms with Crippen molar-refractivity contribution in [3.63, 3.8) is 0 Å². The minimum Gasteiger partial charge on any atom is -0.324 e. The summed E-state index contributed by atoms with van der Waals surface area (Å²) in [6, 6.07) is 14.2. The molecule has 2 aromatic carbocycles. The number of nitrogens with two attached hydrogens (primary N) is 1. The number of anilines is 1. The van der Waals surface area contributed by atoms with E-state index in [2.05, 4.69) is 5.32 Å². The quantitative estimate of drug-likeness (QED) is 0.898. The van der Waals surface area contributed by atoms with Gasteiger partial charge in [-0.1, -0.05) is 29.8 Å². The van der Waals surface area contributed by atoms with E-state index in [1.807, 2.05) is 19.1 Å². The molecule has 0 fully saturated rings. The van der Waals surface area contributed by atoms with Crippen molar-refractivity contribution < 1.29 is 4.79 Å². The van der Waals surface area contributed by atoms with Gasteiger partial charge >= 0.3 is 0 Å². The summed E-state index contributed by atoms with van der Waals surface area (Å²) >= 11 is 5.86. The third kappa shape index (κ3) is 3.56. The molecule has 98 valence electrons. The molecule has 4 heteroatoms. The summed E-state index contributed by atoms with van der Waals surface area (Å²) in [4.78, 5) is 12.0. The van der Waals surface area contributed by atoms with Crippen LogP contribution in [0.1, 0.15) is 28.9 Å². The fourth-order valence-corrected chi connectivity index (χ4v) is 1.90. The second-order valence-corrected chi connectivity index (χ2v) is 4.81. The Labute approximate surface area is 117 Å². The smallest absolute Gasteiger partial charge is 0.255 e. The molecule has 2 rings (SSSR count). The Morgan fingerprint density at radius 3 is 2.47 bits per heavy atom. The fraction of sp³-hybridized carbons (Fsp3) is 0.133. The van der Waals surface area contributed by atoms with Gasteiger partial charge in [0, 0.05) is 22.3 Å². The second kappa shape index (κ2) is 5.87. The van der Waals surface area contributed by atoms with Crippen molar-refractivity contribution in [2.75, 3.05) is 5.32 Å². The van der Waals surface area contributed by atoms with Gasteiger partial charge in [-0.25, -0.2) is 0 Å². The van der Waals surface area contributed by atoms with Gasteiger partial charge in [-0.2, -0.15) is 0 Å². The number of benzene rings is 2. The van der Waals surface area contributed by atoms with E-state index in [4.69, 9.17) is 17.3 Å². The van der Waals surface area contributed by atoms with Gasteiger partial charge in [0.1, 0.15) is 0 Å². The molecule has 1 unspecified atom stereocenters. The van der Waals surface area contributed by atoms with Crippen molar-refractivity contribution in [1.82, 2.24) is 0 Å². The van der Waals surface area contributed by atoms with Crippen LogP contribution < -0.4 is 11.1 Å². The van der Waals surface area contributed by atoms with Gasteiger partial charge in [0.05, 0.1) is 0 Å². The maximum Gasteiger partial charge on any atom is 0.255 e. The molecular formula is C15H15ClN2O. The Kier molecular flexibility index (Phi) is 4.20. The molecular weight excluding hydrogens is 260 g/mol. The molecule has 1 atom stereocenters. The van der Waals surface area contributed by atoms with Gasteiger partial charge in [-0.15, -0.1) is 0 Å². The lowest BCUT2D eigenvalue weighted by molar-refractivity contribution is 0.102. The lowest BCUT2D eigenvalue weighted by atomic mass is 10.1. The average molecular weight is 275 g/mol. The zero-order valence-corrected chi connectivity index (χ0v) is 11.3. The number of carbonyl (C=O) groups excluding carboxylic acids is 1. The third-order valence-corrected chi connectivity index (χ3v) is 3.02. The largest absolute Gasteiger partial charge is 0.324 e. The first-order valence-electron chi connectivity index (χ1n) is 5.99. The predicted molar refractivity (Wildman–Crippen MR) is 78.4 cm³/mol. The summed E-state index contributed by atoms with van der Waals surface area (Å²) in [5, 5.41) is 3.38. The Morgan fingerprint density at radius 2 is 1.89 bits per heavy atom. The number of amides is 1. The molecule has 0 radical (unpaired) electrons. The van der Waals surface area contributed by atoms with E-state index >= 15 is 0 Å². The molecule has 3 nitrogen and oxygen atoms in total. The van der Waals surface area contributed by atoms with Gasteiger partial charge in [0.15, 0.2) is 0 Å². The van der Waals surface area contributed by atoms with Gasteiger partial charge in [0.25, 0.3) is 5.91 Å². The first-order valence-corrected chi connectivity index (χ1v) is 6.36. The summed E-state index contributed by atoms with van der Waals surface area (Å²) in [7, 11) is 0. The van der Waals surface area contributed by atoms with Crippen molar-refractivity contribution >= 4 is 23.2 Å². The number of rotatable bonds is 3. The monoisotopic (exact) mass is 274 g/mol. The minimum atomic E-state index is -0.168. The van der Waals surface area contributed by atoms with Crippen LogP contribution in [-0.2, 0) is 0 Å². The zero-order chi connectivity index (χ0) is 13.8. The molecule has 0 saturated heterocycles. The van der Waals surface area contributed by atoms with Crippen LogP contribution in [0.15, 0.2) is 48.5 Å². The first-order chi connectivity index (χ1) is 9.06. The first kappa shape index (κ1) is 13.6. The maximum atomic E-state index is 12.0.